The molecular formula is C15H18ClNO3S. The zero-order valence-corrected chi connectivity index (χ0v) is 13.6. The van der Waals surface area contributed by atoms with E-state index in [2.05, 4.69) is 11.5 Å². The van der Waals surface area contributed by atoms with Crippen molar-refractivity contribution in [2.45, 2.75) is 31.7 Å². The van der Waals surface area contributed by atoms with E-state index in [0.717, 1.165) is 23.6 Å². The van der Waals surface area contributed by atoms with Crippen LogP contribution in [-0.2, 0) is 16.7 Å². The van der Waals surface area contributed by atoms with Gasteiger partial charge in [-0.05, 0) is 19.1 Å². The maximum atomic E-state index is 10.4. The van der Waals surface area contributed by atoms with Crippen molar-refractivity contribution in [1.82, 2.24) is 0 Å². The summed E-state index contributed by atoms with van der Waals surface area (Å²) < 4.78 is 33.3. The third kappa shape index (κ3) is 6.71. The number of halogens is 1. The van der Waals surface area contributed by atoms with Gasteiger partial charge in [0, 0.05) is 18.6 Å². The summed E-state index contributed by atoms with van der Waals surface area (Å²) in [4.78, 5) is -0.178. The first-order valence-corrected chi connectivity index (χ1v) is 8.28. The van der Waals surface area contributed by atoms with Crippen LogP contribution in [0.25, 0.3) is 0 Å². The predicted octanol–water partition coefficient (Wildman–Crippen LogP) is 2.94. The van der Waals surface area contributed by atoms with Crippen LogP contribution in [0.2, 0.25) is 5.02 Å². The van der Waals surface area contributed by atoms with E-state index in [0.29, 0.717) is 0 Å². The SMILES string of the molecule is CCC[n+]1ccc(Cl)cc1.Cc1ccc(S(=O)(=O)[O-])cc1. The number of benzene rings is 1. The molecule has 6 heteroatoms. The first kappa shape index (κ1) is 17.6. The Morgan fingerprint density at radius 2 is 1.62 bits per heavy atom. The maximum absolute atomic E-state index is 10.4. The van der Waals surface area contributed by atoms with Crippen LogP contribution < -0.4 is 4.57 Å². The van der Waals surface area contributed by atoms with Gasteiger partial charge in [-0.2, -0.15) is 0 Å². The quantitative estimate of drug-likeness (QED) is 0.643. The molecule has 0 fully saturated rings. The van der Waals surface area contributed by atoms with Crippen LogP contribution in [0.4, 0.5) is 0 Å². The lowest BCUT2D eigenvalue weighted by Crippen LogP contribution is -2.31. The largest absolute Gasteiger partial charge is 0.744 e. The van der Waals surface area contributed by atoms with E-state index >= 15 is 0 Å². The standard InChI is InChI=1S/C8H11ClN.C7H8O3S/c1-2-5-10-6-3-8(9)4-7-10;1-6-2-4-7(5-3-6)11(8,9)10/h3-4,6-7H,2,5H2,1H3;2-5H,1H3,(H,8,9,10)/q+1;/p-1. The van der Waals surface area contributed by atoms with Crippen molar-refractivity contribution in [3.05, 3.63) is 59.4 Å². The Balaban J connectivity index is 0.000000211. The number of nitrogens with zero attached hydrogens (tertiary/aromatic N) is 1. The molecule has 0 amide bonds. The highest BCUT2D eigenvalue weighted by molar-refractivity contribution is 7.85. The van der Waals surface area contributed by atoms with Crippen LogP contribution in [0.5, 0.6) is 0 Å². The van der Waals surface area contributed by atoms with Gasteiger partial charge in [-0.15, -0.1) is 0 Å². The fraction of sp³-hybridized carbons (Fsp3) is 0.267. The highest BCUT2D eigenvalue weighted by atomic mass is 35.5. The smallest absolute Gasteiger partial charge is 0.170 e. The predicted molar refractivity (Wildman–Crippen MR) is 81.1 cm³/mol. The Labute approximate surface area is 130 Å². The minimum Gasteiger partial charge on any atom is -0.744 e. The van der Waals surface area contributed by atoms with Crippen molar-refractivity contribution in [2.24, 2.45) is 0 Å². The van der Waals surface area contributed by atoms with Crippen LogP contribution in [0.1, 0.15) is 18.9 Å². The second-order valence-corrected chi connectivity index (χ2v) is 6.34. The number of hydrogen-bond donors (Lipinski definition) is 0. The average molecular weight is 328 g/mol. The molecule has 0 atom stereocenters. The van der Waals surface area contributed by atoms with Gasteiger partial charge in [0.05, 0.1) is 9.92 Å². The van der Waals surface area contributed by atoms with Crippen LogP contribution in [0, 0.1) is 6.92 Å². The number of hydrogen-bond acceptors (Lipinski definition) is 3. The highest BCUT2D eigenvalue weighted by Gasteiger charge is 1.98. The van der Waals surface area contributed by atoms with Crippen LogP contribution in [-0.4, -0.2) is 13.0 Å². The molecule has 2 rings (SSSR count). The van der Waals surface area contributed by atoms with Crippen molar-refractivity contribution in [3.63, 3.8) is 0 Å². The summed E-state index contributed by atoms with van der Waals surface area (Å²) in [5, 5.41) is 0.798. The van der Waals surface area contributed by atoms with Gasteiger partial charge >= 0.3 is 0 Å². The molecule has 0 unspecified atom stereocenters. The van der Waals surface area contributed by atoms with Crippen molar-refractivity contribution in [3.8, 4) is 0 Å². The summed E-state index contributed by atoms with van der Waals surface area (Å²) in [5.74, 6) is 0. The Bertz CT molecular complexity index is 652. The van der Waals surface area contributed by atoms with E-state index in [9.17, 15) is 13.0 Å². The Morgan fingerprint density at radius 1 is 1.10 bits per heavy atom. The second-order valence-electron chi connectivity index (χ2n) is 4.52. The zero-order valence-electron chi connectivity index (χ0n) is 12.0. The Morgan fingerprint density at radius 3 is 2.05 bits per heavy atom. The molecule has 0 aliphatic heterocycles. The van der Waals surface area contributed by atoms with Gasteiger partial charge in [-0.1, -0.05) is 36.2 Å². The maximum Gasteiger partial charge on any atom is 0.170 e. The normalized spacial score (nSPS) is 10.7. The van der Waals surface area contributed by atoms with Gasteiger partial charge in [0.2, 0.25) is 0 Å². The van der Waals surface area contributed by atoms with Gasteiger partial charge in [0.25, 0.3) is 0 Å². The Kier molecular flexibility index (Phi) is 6.81. The lowest BCUT2D eigenvalue weighted by Gasteiger charge is -2.05. The molecule has 0 spiro atoms. The fourth-order valence-corrected chi connectivity index (χ4v) is 2.13. The molecule has 4 nitrogen and oxygen atoms in total. The molecular weight excluding hydrogens is 310 g/mol. The summed E-state index contributed by atoms with van der Waals surface area (Å²) in [6, 6.07) is 9.58. The van der Waals surface area contributed by atoms with E-state index in [1.165, 1.54) is 12.1 Å². The summed E-state index contributed by atoms with van der Waals surface area (Å²) in [7, 11) is -4.27. The minimum atomic E-state index is -4.27. The van der Waals surface area contributed by atoms with Gasteiger partial charge in [0.1, 0.15) is 16.7 Å². The molecule has 0 radical (unpaired) electrons. The van der Waals surface area contributed by atoms with Crippen molar-refractivity contribution < 1.29 is 17.5 Å². The van der Waals surface area contributed by atoms with Crippen molar-refractivity contribution in [2.75, 3.05) is 0 Å². The molecule has 0 saturated heterocycles. The van der Waals surface area contributed by atoms with E-state index in [4.69, 9.17) is 11.6 Å². The van der Waals surface area contributed by atoms with Crippen LogP contribution >= 0.6 is 11.6 Å². The topological polar surface area (TPSA) is 61.1 Å². The number of pyridine rings is 1. The van der Waals surface area contributed by atoms with Gasteiger partial charge in [-0.25, -0.2) is 13.0 Å². The number of aryl methyl sites for hydroxylation is 2. The molecule has 1 aromatic heterocycles. The first-order valence-electron chi connectivity index (χ1n) is 6.50. The fourth-order valence-electron chi connectivity index (χ4n) is 1.55. The van der Waals surface area contributed by atoms with E-state index < -0.39 is 10.1 Å². The average Bonchev–Trinajstić information content (AvgIpc) is 2.42. The van der Waals surface area contributed by atoms with Gasteiger partial charge in [-0.3, -0.25) is 0 Å². The van der Waals surface area contributed by atoms with E-state index in [-0.39, 0.29) is 4.90 Å². The third-order valence-corrected chi connectivity index (χ3v) is 3.74. The monoisotopic (exact) mass is 327 g/mol. The molecule has 1 heterocycles. The zero-order chi connectivity index (χ0) is 15.9. The molecule has 114 valence electrons. The Hall–Kier alpha value is -1.43. The van der Waals surface area contributed by atoms with Gasteiger partial charge < -0.3 is 4.55 Å². The third-order valence-electron chi connectivity index (χ3n) is 2.64. The summed E-state index contributed by atoms with van der Waals surface area (Å²) in [5.41, 5.74) is 0.928. The molecule has 1 aromatic carbocycles. The van der Waals surface area contributed by atoms with E-state index in [1.54, 1.807) is 12.1 Å². The second kappa shape index (κ2) is 8.12. The molecule has 0 bridgehead atoms. The molecule has 0 saturated carbocycles. The lowest BCUT2D eigenvalue weighted by atomic mass is 10.2. The molecule has 2 aromatic rings. The van der Waals surface area contributed by atoms with Crippen molar-refractivity contribution >= 4 is 21.7 Å². The van der Waals surface area contributed by atoms with Crippen LogP contribution in [0.15, 0.2) is 53.7 Å². The molecule has 0 aliphatic carbocycles. The van der Waals surface area contributed by atoms with Gasteiger partial charge in [0.15, 0.2) is 12.4 Å². The van der Waals surface area contributed by atoms with Crippen molar-refractivity contribution in [1.29, 1.82) is 0 Å². The molecule has 0 aliphatic rings. The summed E-state index contributed by atoms with van der Waals surface area (Å²) >= 11 is 5.70. The number of aromatic nitrogens is 1. The number of rotatable bonds is 3. The summed E-state index contributed by atoms with van der Waals surface area (Å²) in [6.07, 6.45) is 5.14. The highest BCUT2D eigenvalue weighted by Crippen LogP contribution is 2.08. The molecule has 21 heavy (non-hydrogen) atoms. The summed E-state index contributed by atoms with van der Waals surface area (Å²) in [6.45, 7) is 5.04. The van der Waals surface area contributed by atoms with Crippen LogP contribution in [0.3, 0.4) is 0 Å². The minimum absolute atomic E-state index is 0.178. The lowest BCUT2D eigenvalue weighted by molar-refractivity contribution is -0.697. The molecule has 0 N–H and O–H groups in total. The van der Waals surface area contributed by atoms with E-state index in [1.807, 2.05) is 31.5 Å². The first-order chi connectivity index (χ1) is 9.82.